The van der Waals surface area contributed by atoms with E-state index in [9.17, 15) is 4.79 Å². The molecule has 2 heterocycles. The van der Waals surface area contributed by atoms with Crippen LogP contribution < -0.4 is 10.1 Å². The second-order valence-electron chi connectivity index (χ2n) is 6.61. The monoisotopic (exact) mass is 383 g/mol. The van der Waals surface area contributed by atoms with E-state index in [0.717, 1.165) is 22.0 Å². The van der Waals surface area contributed by atoms with Gasteiger partial charge in [-0.3, -0.25) is 4.79 Å². The summed E-state index contributed by atoms with van der Waals surface area (Å²) in [5.74, 6) is 0.286. The molecule has 0 unspecified atom stereocenters. The maximum absolute atomic E-state index is 12.8. The zero-order chi connectivity index (χ0) is 19.8. The first-order valence-electron chi connectivity index (χ1n) is 9.13. The van der Waals surface area contributed by atoms with Crippen molar-refractivity contribution < 1.29 is 13.9 Å². The lowest BCUT2D eigenvalue weighted by Gasteiger charge is -2.09. The lowest BCUT2D eigenvalue weighted by Crippen LogP contribution is -2.12. The van der Waals surface area contributed by atoms with Gasteiger partial charge >= 0.3 is 0 Å². The van der Waals surface area contributed by atoms with Crippen molar-refractivity contribution in [1.29, 1.82) is 0 Å². The summed E-state index contributed by atoms with van der Waals surface area (Å²) in [6.45, 7) is 0. The molecule has 0 saturated heterocycles. The van der Waals surface area contributed by atoms with Crippen LogP contribution >= 0.6 is 0 Å². The van der Waals surface area contributed by atoms with E-state index < -0.39 is 0 Å². The van der Waals surface area contributed by atoms with Crippen LogP contribution in [0.15, 0.2) is 83.5 Å². The molecule has 6 heteroatoms. The summed E-state index contributed by atoms with van der Waals surface area (Å²) in [4.78, 5) is 12.8. The number of nitrogens with one attached hydrogen (secondary N) is 1. The molecule has 5 aromatic rings. The molecule has 0 bridgehead atoms. The Morgan fingerprint density at radius 2 is 1.79 bits per heavy atom. The van der Waals surface area contributed by atoms with Gasteiger partial charge in [0.25, 0.3) is 5.91 Å². The Bertz CT molecular complexity index is 1340. The van der Waals surface area contributed by atoms with Crippen molar-refractivity contribution in [2.75, 3.05) is 12.4 Å². The number of benzene rings is 3. The number of aromatic nitrogens is 2. The number of ether oxygens (including phenoxy) is 1. The standard InChI is InChI=1S/C23H17N3O3/c1-28-22-11-18-17-9-5-6-10-20(17)29-21(18)12-19(22)25-23(27)15-13-24-26(14-15)16-7-3-2-4-8-16/h2-14H,1H3,(H,25,27). The Hall–Kier alpha value is -4.06. The fraction of sp³-hybridized carbons (Fsp3) is 0.0435. The Morgan fingerprint density at radius 3 is 2.62 bits per heavy atom. The van der Waals surface area contributed by atoms with Gasteiger partial charge in [-0.15, -0.1) is 0 Å². The van der Waals surface area contributed by atoms with Gasteiger partial charge in [-0.05, 0) is 24.3 Å². The van der Waals surface area contributed by atoms with E-state index in [-0.39, 0.29) is 5.91 Å². The SMILES string of the molecule is COc1cc2c(cc1NC(=O)c1cnn(-c3ccccc3)c1)oc1ccccc12. The second kappa shape index (κ2) is 6.83. The highest BCUT2D eigenvalue weighted by atomic mass is 16.5. The smallest absolute Gasteiger partial charge is 0.258 e. The maximum atomic E-state index is 12.8. The molecule has 142 valence electrons. The first-order chi connectivity index (χ1) is 14.2. The number of amides is 1. The molecule has 0 fully saturated rings. The number of rotatable bonds is 4. The Morgan fingerprint density at radius 1 is 1.00 bits per heavy atom. The molecule has 29 heavy (non-hydrogen) atoms. The second-order valence-corrected chi connectivity index (χ2v) is 6.61. The van der Waals surface area contributed by atoms with Gasteiger partial charge in [0.15, 0.2) is 0 Å². The van der Waals surface area contributed by atoms with Gasteiger partial charge in [-0.1, -0.05) is 36.4 Å². The normalized spacial score (nSPS) is 11.1. The summed E-state index contributed by atoms with van der Waals surface area (Å²) >= 11 is 0. The molecule has 1 N–H and O–H groups in total. The molecule has 0 aliphatic heterocycles. The third-order valence-corrected chi connectivity index (χ3v) is 4.81. The van der Waals surface area contributed by atoms with Crippen LogP contribution in [0.4, 0.5) is 5.69 Å². The summed E-state index contributed by atoms with van der Waals surface area (Å²) in [6.07, 6.45) is 3.23. The molecule has 3 aromatic carbocycles. The summed E-state index contributed by atoms with van der Waals surface area (Å²) in [5.41, 5.74) is 3.34. The van der Waals surface area contributed by atoms with Crippen LogP contribution in [0.3, 0.4) is 0 Å². The van der Waals surface area contributed by atoms with E-state index >= 15 is 0 Å². The molecule has 5 rings (SSSR count). The van der Waals surface area contributed by atoms with Gasteiger partial charge < -0.3 is 14.5 Å². The van der Waals surface area contributed by atoms with Crippen LogP contribution in [-0.2, 0) is 0 Å². The minimum atomic E-state index is -0.277. The minimum absolute atomic E-state index is 0.277. The highest BCUT2D eigenvalue weighted by molar-refractivity contribution is 6.09. The van der Waals surface area contributed by atoms with E-state index in [1.54, 1.807) is 24.1 Å². The van der Waals surface area contributed by atoms with Gasteiger partial charge in [0, 0.05) is 23.0 Å². The van der Waals surface area contributed by atoms with Crippen molar-refractivity contribution in [3.63, 3.8) is 0 Å². The minimum Gasteiger partial charge on any atom is -0.495 e. The molecular formula is C23H17N3O3. The number of hydrogen-bond donors (Lipinski definition) is 1. The predicted molar refractivity (Wildman–Crippen MR) is 112 cm³/mol. The van der Waals surface area contributed by atoms with Crippen LogP contribution in [-0.4, -0.2) is 22.8 Å². The number of methoxy groups -OCH3 is 1. The fourth-order valence-electron chi connectivity index (χ4n) is 3.37. The van der Waals surface area contributed by atoms with Crippen molar-refractivity contribution in [2.24, 2.45) is 0 Å². The molecule has 0 radical (unpaired) electrons. The van der Waals surface area contributed by atoms with Crippen LogP contribution in [0.5, 0.6) is 5.75 Å². The highest BCUT2D eigenvalue weighted by Gasteiger charge is 2.16. The topological polar surface area (TPSA) is 69.3 Å². The lowest BCUT2D eigenvalue weighted by atomic mass is 10.1. The van der Waals surface area contributed by atoms with Crippen molar-refractivity contribution >= 4 is 33.5 Å². The Labute approximate surface area is 166 Å². The van der Waals surface area contributed by atoms with E-state index in [1.807, 2.05) is 60.7 Å². The molecule has 0 saturated carbocycles. The number of para-hydroxylation sites is 2. The molecule has 0 atom stereocenters. The highest BCUT2D eigenvalue weighted by Crippen LogP contribution is 2.36. The summed E-state index contributed by atoms with van der Waals surface area (Å²) in [6, 6.07) is 21.1. The van der Waals surface area contributed by atoms with Gasteiger partial charge in [-0.2, -0.15) is 5.10 Å². The van der Waals surface area contributed by atoms with Crippen LogP contribution in [0.2, 0.25) is 0 Å². The number of fused-ring (bicyclic) bond motifs is 3. The molecule has 1 amide bonds. The maximum Gasteiger partial charge on any atom is 0.258 e. The van der Waals surface area contributed by atoms with Gasteiger partial charge in [0.1, 0.15) is 16.9 Å². The van der Waals surface area contributed by atoms with Crippen molar-refractivity contribution in [1.82, 2.24) is 9.78 Å². The zero-order valence-corrected chi connectivity index (χ0v) is 15.6. The molecule has 0 aliphatic rings. The zero-order valence-electron chi connectivity index (χ0n) is 15.6. The molecule has 0 spiro atoms. The lowest BCUT2D eigenvalue weighted by molar-refractivity contribution is 0.102. The number of furan rings is 1. The molecular weight excluding hydrogens is 366 g/mol. The average molecular weight is 383 g/mol. The number of carbonyl (C=O) groups is 1. The third-order valence-electron chi connectivity index (χ3n) is 4.81. The first-order valence-corrected chi connectivity index (χ1v) is 9.13. The number of carbonyl (C=O) groups excluding carboxylic acids is 1. The summed E-state index contributed by atoms with van der Waals surface area (Å²) in [7, 11) is 1.58. The molecule has 6 nitrogen and oxygen atoms in total. The largest absolute Gasteiger partial charge is 0.495 e. The van der Waals surface area contributed by atoms with E-state index in [1.165, 1.54) is 6.20 Å². The first kappa shape index (κ1) is 17.1. The fourth-order valence-corrected chi connectivity index (χ4v) is 3.37. The molecule has 0 aliphatic carbocycles. The van der Waals surface area contributed by atoms with Crippen LogP contribution in [0.1, 0.15) is 10.4 Å². The molecule has 2 aromatic heterocycles. The van der Waals surface area contributed by atoms with Crippen molar-refractivity contribution in [3.8, 4) is 11.4 Å². The van der Waals surface area contributed by atoms with Crippen molar-refractivity contribution in [3.05, 3.63) is 84.7 Å². The number of anilines is 1. The Balaban J connectivity index is 1.49. The predicted octanol–water partition coefficient (Wildman–Crippen LogP) is 5.03. The van der Waals surface area contributed by atoms with E-state index in [0.29, 0.717) is 22.6 Å². The number of nitrogens with zero attached hydrogens (tertiary/aromatic N) is 2. The van der Waals surface area contributed by atoms with Crippen molar-refractivity contribution in [2.45, 2.75) is 0 Å². The van der Waals surface area contributed by atoms with Crippen LogP contribution in [0, 0.1) is 0 Å². The van der Waals surface area contributed by atoms with Gasteiger partial charge in [0.05, 0.1) is 30.2 Å². The average Bonchev–Trinajstić information content (AvgIpc) is 3.39. The summed E-state index contributed by atoms with van der Waals surface area (Å²) in [5, 5.41) is 9.12. The Kier molecular flexibility index (Phi) is 4.02. The van der Waals surface area contributed by atoms with Gasteiger partial charge in [0.2, 0.25) is 0 Å². The third kappa shape index (κ3) is 3.00. The van der Waals surface area contributed by atoms with Crippen LogP contribution in [0.25, 0.3) is 27.6 Å². The number of hydrogen-bond acceptors (Lipinski definition) is 4. The van der Waals surface area contributed by atoms with E-state index in [4.69, 9.17) is 9.15 Å². The quantitative estimate of drug-likeness (QED) is 0.472. The van der Waals surface area contributed by atoms with Gasteiger partial charge in [-0.25, -0.2) is 4.68 Å². The van der Waals surface area contributed by atoms with E-state index in [2.05, 4.69) is 10.4 Å². The summed E-state index contributed by atoms with van der Waals surface area (Å²) < 4.78 is 13.1.